The number of benzene rings is 2. The molecule has 1 aliphatic heterocycles. The monoisotopic (exact) mass is 574 g/mol. The van der Waals surface area contributed by atoms with E-state index in [0.717, 1.165) is 39.8 Å². The highest BCUT2D eigenvalue weighted by molar-refractivity contribution is 6.31. The number of carbonyl (C=O) groups is 1. The number of nitrogens with zero attached hydrogens (tertiary/aromatic N) is 3. The summed E-state index contributed by atoms with van der Waals surface area (Å²) in [4.78, 5) is 19.5. The van der Waals surface area contributed by atoms with Gasteiger partial charge in [-0.15, -0.1) is 13.2 Å². The summed E-state index contributed by atoms with van der Waals surface area (Å²) >= 11 is 12.3. The molecule has 39 heavy (non-hydrogen) atoms. The summed E-state index contributed by atoms with van der Waals surface area (Å²) < 4.78 is 42.7. The standard InChI is InChI=1S/C28H23Cl2F3N4O2/c29-20-5-8-24-22(15-20)23-17-36(12-1-2-18-3-6-21(7-4-18)39-28(31,32)33)13-10-25(23)37(24)27(38)35-16-19-9-11-34-26(30)14-19/h1-9,11,14-15H,10,12-13,16-17H2,(H,35,38)/b2-1+. The molecule has 1 N–H and O–H groups in total. The molecule has 6 nitrogen and oxygen atoms in total. The van der Waals surface area contributed by atoms with E-state index >= 15 is 0 Å². The van der Waals surface area contributed by atoms with Gasteiger partial charge in [-0.25, -0.2) is 9.78 Å². The molecule has 2 aromatic carbocycles. The van der Waals surface area contributed by atoms with Crippen LogP contribution < -0.4 is 10.1 Å². The van der Waals surface area contributed by atoms with Gasteiger partial charge in [0.1, 0.15) is 10.9 Å². The molecule has 0 saturated heterocycles. The molecule has 3 heterocycles. The van der Waals surface area contributed by atoms with Crippen LogP contribution in [-0.4, -0.2) is 39.9 Å². The maximum absolute atomic E-state index is 13.3. The lowest BCUT2D eigenvalue weighted by molar-refractivity contribution is -0.274. The van der Waals surface area contributed by atoms with Crippen molar-refractivity contribution in [2.75, 3.05) is 13.1 Å². The van der Waals surface area contributed by atoms with Crippen LogP contribution in [0.5, 0.6) is 5.75 Å². The maximum Gasteiger partial charge on any atom is 0.573 e. The van der Waals surface area contributed by atoms with Crippen LogP contribution in [0.2, 0.25) is 10.2 Å². The van der Waals surface area contributed by atoms with Gasteiger partial charge in [0.25, 0.3) is 0 Å². The van der Waals surface area contributed by atoms with Crippen molar-refractivity contribution in [2.45, 2.75) is 25.9 Å². The Morgan fingerprint density at radius 2 is 1.90 bits per heavy atom. The molecule has 11 heteroatoms. The fraction of sp³-hybridized carbons (Fsp3) is 0.214. The Morgan fingerprint density at radius 1 is 1.10 bits per heavy atom. The van der Waals surface area contributed by atoms with Gasteiger partial charge in [0.05, 0.1) is 5.52 Å². The number of nitrogens with one attached hydrogen (secondary N) is 1. The average molecular weight is 575 g/mol. The van der Waals surface area contributed by atoms with Crippen molar-refractivity contribution in [3.63, 3.8) is 0 Å². The summed E-state index contributed by atoms with van der Waals surface area (Å²) in [5.41, 5.74) is 4.38. The van der Waals surface area contributed by atoms with E-state index < -0.39 is 6.36 Å². The Balaban J connectivity index is 1.30. The lowest BCUT2D eigenvalue weighted by Crippen LogP contribution is -2.34. The summed E-state index contributed by atoms with van der Waals surface area (Å²) in [7, 11) is 0. The largest absolute Gasteiger partial charge is 0.573 e. The zero-order valence-electron chi connectivity index (χ0n) is 20.5. The number of aromatic nitrogens is 2. The molecule has 0 unspecified atom stereocenters. The van der Waals surface area contributed by atoms with Crippen molar-refractivity contribution in [1.29, 1.82) is 0 Å². The second-order valence-electron chi connectivity index (χ2n) is 9.07. The van der Waals surface area contributed by atoms with E-state index in [-0.39, 0.29) is 11.8 Å². The second kappa shape index (κ2) is 11.3. The predicted molar refractivity (Wildman–Crippen MR) is 145 cm³/mol. The third-order valence-corrected chi connectivity index (χ3v) is 6.86. The number of ether oxygens (including phenoxy) is 1. The van der Waals surface area contributed by atoms with Crippen molar-refractivity contribution in [2.24, 2.45) is 0 Å². The molecule has 202 valence electrons. The van der Waals surface area contributed by atoms with E-state index in [4.69, 9.17) is 23.2 Å². The molecule has 0 spiro atoms. The zero-order valence-corrected chi connectivity index (χ0v) is 22.0. The van der Waals surface area contributed by atoms with Gasteiger partial charge in [0, 0.05) is 54.9 Å². The molecule has 0 bridgehead atoms. The van der Waals surface area contributed by atoms with E-state index in [0.29, 0.717) is 36.2 Å². The molecule has 0 saturated carbocycles. The lowest BCUT2D eigenvalue weighted by Gasteiger charge is -2.27. The molecule has 0 radical (unpaired) electrons. The minimum Gasteiger partial charge on any atom is -0.406 e. The van der Waals surface area contributed by atoms with E-state index in [1.54, 1.807) is 41.1 Å². The molecular formula is C28H23Cl2F3N4O2. The van der Waals surface area contributed by atoms with E-state index in [9.17, 15) is 18.0 Å². The van der Waals surface area contributed by atoms with Crippen LogP contribution in [0.15, 0.2) is 66.9 Å². The van der Waals surface area contributed by atoms with E-state index in [1.807, 2.05) is 24.3 Å². The first-order valence-corrected chi connectivity index (χ1v) is 12.9. The van der Waals surface area contributed by atoms with E-state index in [2.05, 4.69) is 19.9 Å². The highest BCUT2D eigenvalue weighted by Gasteiger charge is 2.31. The zero-order chi connectivity index (χ0) is 27.6. The molecule has 5 rings (SSSR count). The lowest BCUT2D eigenvalue weighted by atomic mass is 10.0. The summed E-state index contributed by atoms with van der Waals surface area (Å²) in [6.07, 6.45) is 1.36. The smallest absolute Gasteiger partial charge is 0.406 e. The predicted octanol–water partition coefficient (Wildman–Crippen LogP) is 7.07. The number of hydrogen-bond donors (Lipinski definition) is 1. The SMILES string of the molecule is O=C(NCc1ccnc(Cl)c1)n1c2c(c3cc(Cl)ccc31)CN(C/C=C/c1ccc(OC(F)(F)F)cc1)CC2. The number of fused-ring (bicyclic) bond motifs is 3. The van der Waals surface area contributed by atoms with Gasteiger partial charge in [0.2, 0.25) is 0 Å². The van der Waals surface area contributed by atoms with Crippen LogP contribution in [-0.2, 0) is 19.5 Å². The van der Waals surface area contributed by atoms with Gasteiger partial charge in [-0.05, 0) is 59.2 Å². The van der Waals surface area contributed by atoms with Crippen LogP contribution in [0.4, 0.5) is 18.0 Å². The minimum absolute atomic E-state index is 0.234. The summed E-state index contributed by atoms with van der Waals surface area (Å²) in [6, 6.07) is 14.5. The Hall–Kier alpha value is -3.53. The molecule has 1 aliphatic rings. The molecular weight excluding hydrogens is 552 g/mol. The number of halogens is 5. The van der Waals surface area contributed by atoms with Crippen molar-refractivity contribution >= 4 is 46.2 Å². The van der Waals surface area contributed by atoms with E-state index in [1.165, 1.54) is 12.1 Å². The fourth-order valence-electron chi connectivity index (χ4n) is 4.70. The Bertz CT molecular complexity index is 1530. The highest BCUT2D eigenvalue weighted by Crippen LogP contribution is 2.33. The Kier molecular flexibility index (Phi) is 7.83. The molecule has 0 fully saturated rings. The van der Waals surface area contributed by atoms with Crippen LogP contribution in [0.1, 0.15) is 22.4 Å². The van der Waals surface area contributed by atoms with Crippen molar-refractivity contribution in [3.8, 4) is 5.75 Å². The molecule has 4 aromatic rings. The van der Waals surface area contributed by atoms with Gasteiger partial charge in [-0.2, -0.15) is 0 Å². The Labute approximate surface area is 232 Å². The number of hydrogen-bond acceptors (Lipinski definition) is 4. The number of carbonyl (C=O) groups excluding carboxylic acids is 1. The molecule has 0 aliphatic carbocycles. The first-order valence-electron chi connectivity index (χ1n) is 12.1. The third-order valence-electron chi connectivity index (χ3n) is 6.41. The van der Waals surface area contributed by atoms with Gasteiger partial charge >= 0.3 is 12.4 Å². The van der Waals surface area contributed by atoms with Crippen molar-refractivity contribution < 1.29 is 22.7 Å². The maximum atomic E-state index is 13.3. The molecule has 2 aromatic heterocycles. The normalized spacial score (nSPS) is 14.1. The van der Waals surface area contributed by atoms with Crippen LogP contribution in [0, 0.1) is 0 Å². The Morgan fingerprint density at radius 3 is 2.64 bits per heavy atom. The number of alkyl halides is 3. The number of amides is 1. The second-order valence-corrected chi connectivity index (χ2v) is 9.90. The molecule has 0 atom stereocenters. The number of pyridine rings is 1. The summed E-state index contributed by atoms with van der Waals surface area (Å²) in [5.74, 6) is -0.258. The third kappa shape index (κ3) is 6.55. The first kappa shape index (κ1) is 27.1. The van der Waals surface area contributed by atoms with Gasteiger partial charge in [0.15, 0.2) is 0 Å². The average Bonchev–Trinajstić information content (AvgIpc) is 3.20. The van der Waals surface area contributed by atoms with Crippen molar-refractivity contribution in [1.82, 2.24) is 19.8 Å². The van der Waals surface area contributed by atoms with Crippen molar-refractivity contribution in [3.05, 3.63) is 99.4 Å². The van der Waals surface area contributed by atoms with Gasteiger partial charge in [-0.3, -0.25) is 9.47 Å². The fourth-order valence-corrected chi connectivity index (χ4v) is 5.07. The minimum atomic E-state index is -4.72. The topological polar surface area (TPSA) is 59.4 Å². The quantitative estimate of drug-likeness (QED) is 0.250. The van der Waals surface area contributed by atoms with Crippen LogP contribution >= 0.6 is 23.2 Å². The first-order chi connectivity index (χ1) is 18.7. The van der Waals surface area contributed by atoms with Gasteiger partial charge in [-0.1, -0.05) is 47.5 Å². The highest BCUT2D eigenvalue weighted by atomic mass is 35.5. The van der Waals surface area contributed by atoms with Crippen LogP contribution in [0.25, 0.3) is 17.0 Å². The number of rotatable bonds is 6. The van der Waals surface area contributed by atoms with Gasteiger partial charge < -0.3 is 10.1 Å². The molecule has 1 amide bonds. The summed E-state index contributed by atoms with van der Waals surface area (Å²) in [5, 5.41) is 4.85. The van der Waals surface area contributed by atoms with Crippen LogP contribution in [0.3, 0.4) is 0 Å². The summed E-state index contributed by atoms with van der Waals surface area (Å²) in [6.45, 7) is 2.29.